The van der Waals surface area contributed by atoms with Crippen molar-refractivity contribution in [2.24, 2.45) is 16.8 Å². The lowest BCUT2D eigenvalue weighted by atomic mass is 9.89. The van der Waals surface area contributed by atoms with E-state index in [2.05, 4.69) is 46.6 Å². The highest BCUT2D eigenvalue weighted by atomic mass is 16.3. The molecule has 148 valence electrons. The summed E-state index contributed by atoms with van der Waals surface area (Å²) >= 11 is 0. The van der Waals surface area contributed by atoms with Gasteiger partial charge in [0, 0.05) is 25.6 Å². The van der Waals surface area contributed by atoms with E-state index in [0.29, 0.717) is 29.8 Å². The van der Waals surface area contributed by atoms with Crippen molar-refractivity contribution in [2.75, 3.05) is 26.2 Å². The summed E-state index contributed by atoms with van der Waals surface area (Å²) in [5.41, 5.74) is 1.86. The van der Waals surface area contributed by atoms with Crippen molar-refractivity contribution in [3.63, 3.8) is 0 Å². The number of nitrogens with one attached hydrogen (secondary N) is 1. The molecule has 1 aromatic carbocycles. The van der Waals surface area contributed by atoms with Crippen molar-refractivity contribution in [1.29, 1.82) is 5.26 Å². The third-order valence-corrected chi connectivity index (χ3v) is 5.88. The van der Waals surface area contributed by atoms with Gasteiger partial charge in [0.1, 0.15) is 29.5 Å². The van der Waals surface area contributed by atoms with Gasteiger partial charge in [0.25, 0.3) is 0 Å². The van der Waals surface area contributed by atoms with Crippen molar-refractivity contribution in [3.05, 3.63) is 47.3 Å². The molecule has 2 fully saturated rings. The molecule has 0 aromatic heterocycles. The molecule has 4 rings (SSSR count). The lowest BCUT2D eigenvalue weighted by Crippen LogP contribution is -2.53. The molecule has 2 aliphatic heterocycles. The molecular weight excluding hydrogens is 352 g/mol. The van der Waals surface area contributed by atoms with Gasteiger partial charge in [-0.15, -0.1) is 0 Å². The van der Waals surface area contributed by atoms with E-state index in [4.69, 9.17) is 10.8 Å². The maximum absolute atomic E-state index is 9.85. The predicted molar refractivity (Wildman–Crippen MR) is 108 cm³/mol. The Morgan fingerprint density at radius 1 is 1.18 bits per heavy atom. The predicted octanol–water partition coefficient (Wildman–Crippen LogP) is 1.51. The number of nitrogens with two attached hydrogens (primary N) is 1. The fraction of sp³-hybridized carbons (Fsp3) is 0.524. The Labute approximate surface area is 166 Å². The molecule has 7 heteroatoms. The molecular formula is C21H28N6O. The van der Waals surface area contributed by atoms with Gasteiger partial charge in [0.2, 0.25) is 0 Å². The molecule has 0 bridgehead atoms. The molecule has 1 saturated carbocycles. The highest BCUT2D eigenvalue weighted by Crippen LogP contribution is 2.40. The highest BCUT2D eigenvalue weighted by molar-refractivity contribution is 6.03. The number of likely N-dealkylation sites (tertiary alicyclic amines) is 1. The van der Waals surface area contributed by atoms with Gasteiger partial charge in [0.15, 0.2) is 0 Å². The van der Waals surface area contributed by atoms with Crippen molar-refractivity contribution in [2.45, 2.75) is 37.8 Å². The first-order chi connectivity index (χ1) is 13.7. The minimum atomic E-state index is -0.139. The van der Waals surface area contributed by atoms with Crippen LogP contribution in [0.25, 0.3) is 0 Å². The largest absolute Gasteiger partial charge is 0.395 e. The van der Waals surface area contributed by atoms with E-state index in [-0.39, 0.29) is 12.8 Å². The average molecular weight is 380 g/mol. The SMILES string of the molecule is N#CC1=C(N2CCC(c3ccccc3)CC2)N(N)C(C2CC2)N=C1NCCO. The molecule has 1 aliphatic carbocycles. The van der Waals surface area contributed by atoms with Crippen LogP contribution < -0.4 is 11.2 Å². The number of hydrogen-bond donors (Lipinski definition) is 3. The minimum absolute atomic E-state index is 0.00400. The summed E-state index contributed by atoms with van der Waals surface area (Å²) in [5, 5.41) is 23.9. The van der Waals surface area contributed by atoms with Crippen LogP contribution in [0.4, 0.5) is 0 Å². The van der Waals surface area contributed by atoms with E-state index < -0.39 is 0 Å². The quantitative estimate of drug-likeness (QED) is 0.670. The maximum Gasteiger partial charge on any atom is 0.145 e. The standard InChI is InChI=1S/C21H28N6O/c22-14-18-19(24-10-13-28)25-20(17-6-7-17)27(23)21(18)26-11-8-16(9-12-26)15-4-2-1-3-5-15/h1-5,16-17,20,28H,6-13,23H2,(H,24,25). The number of piperidine rings is 1. The van der Waals surface area contributed by atoms with Crippen LogP contribution in [0.2, 0.25) is 0 Å². The Bertz CT molecular complexity index is 787. The first-order valence-corrected chi connectivity index (χ1v) is 10.1. The van der Waals surface area contributed by atoms with E-state index in [1.807, 2.05) is 0 Å². The van der Waals surface area contributed by atoms with E-state index >= 15 is 0 Å². The molecule has 0 radical (unpaired) electrons. The Morgan fingerprint density at radius 3 is 2.50 bits per heavy atom. The normalized spacial score (nSPS) is 23.5. The van der Waals surface area contributed by atoms with E-state index in [9.17, 15) is 10.4 Å². The summed E-state index contributed by atoms with van der Waals surface area (Å²) in [6, 6.07) is 12.9. The third-order valence-electron chi connectivity index (χ3n) is 5.88. The Hall–Kier alpha value is -2.56. The molecule has 1 atom stereocenters. The molecule has 0 amide bonds. The number of aliphatic hydroxyl groups excluding tert-OH is 1. The second-order valence-electron chi connectivity index (χ2n) is 7.77. The summed E-state index contributed by atoms with van der Waals surface area (Å²) in [5.74, 6) is 8.82. The molecule has 7 nitrogen and oxygen atoms in total. The van der Waals surface area contributed by atoms with Gasteiger partial charge < -0.3 is 15.3 Å². The maximum atomic E-state index is 9.85. The average Bonchev–Trinajstić information content (AvgIpc) is 3.58. The topological polar surface area (TPSA) is 101 Å². The lowest BCUT2D eigenvalue weighted by Gasteiger charge is -2.42. The molecule has 0 spiro atoms. The summed E-state index contributed by atoms with van der Waals surface area (Å²) in [6.45, 7) is 2.09. The number of aliphatic hydroxyl groups is 1. The van der Waals surface area contributed by atoms with E-state index in [1.54, 1.807) is 5.01 Å². The van der Waals surface area contributed by atoms with Gasteiger partial charge in [-0.05, 0) is 37.2 Å². The highest BCUT2D eigenvalue weighted by Gasteiger charge is 2.41. The molecule has 3 aliphatic rings. The Balaban J connectivity index is 1.56. The number of benzene rings is 1. The third kappa shape index (κ3) is 3.71. The lowest BCUT2D eigenvalue weighted by molar-refractivity contribution is 0.131. The van der Waals surface area contributed by atoms with Crippen molar-refractivity contribution < 1.29 is 5.11 Å². The molecule has 1 unspecified atom stereocenters. The smallest absolute Gasteiger partial charge is 0.145 e. The molecule has 1 saturated heterocycles. The summed E-state index contributed by atoms with van der Waals surface area (Å²) < 4.78 is 0. The first-order valence-electron chi connectivity index (χ1n) is 10.1. The zero-order chi connectivity index (χ0) is 19.5. The fourth-order valence-corrected chi connectivity index (χ4v) is 4.23. The molecule has 28 heavy (non-hydrogen) atoms. The van der Waals surface area contributed by atoms with Gasteiger partial charge in [-0.1, -0.05) is 30.3 Å². The number of amidine groups is 1. The summed E-state index contributed by atoms with van der Waals surface area (Å²) in [4.78, 5) is 6.95. The van der Waals surface area contributed by atoms with E-state index in [0.717, 1.165) is 44.6 Å². The van der Waals surface area contributed by atoms with Gasteiger partial charge in [-0.2, -0.15) is 5.26 Å². The second-order valence-corrected chi connectivity index (χ2v) is 7.77. The Kier molecular flexibility index (Phi) is 5.51. The van der Waals surface area contributed by atoms with Crippen LogP contribution in [-0.4, -0.2) is 53.3 Å². The number of aliphatic imine (C=N–C) groups is 1. The first kappa shape index (κ1) is 18.8. The van der Waals surface area contributed by atoms with Gasteiger partial charge >= 0.3 is 0 Å². The molecule has 2 heterocycles. The molecule has 1 aromatic rings. The van der Waals surface area contributed by atoms with Crippen LogP contribution in [-0.2, 0) is 0 Å². The van der Waals surface area contributed by atoms with Crippen LogP contribution >= 0.6 is 0 Å². The van der Waals surface area contributed by atoms with Gasteiger partial charge in [-0.3, -0.25) is 5.01 Å². The Morgan fingerprint density at radius 2 is 1.89 bits per heavy atom. The van der Waals surface area contributed by atoms with Crippen LogP contribution in [0.15, 0.2) is 46.7 Å². The van der Waals surface area contributed by atoms with Crippen molar-refractivity contribution in [3.8, 4) is 6.07 Å². The van der Waals surface area contributed by atoms with Crippen LogP contribution in [0, 0.1) is 17.2 Å². The van der Waals surface area contributed by atoms with Crippen LogP contribution in [0.1, 0.15) is 37.2 Å². The van der Waals surface area contributed by atoms with Crippen LogP contribution in [0.5, 0.6) is 0 Å². The van der Waals surface area contributed by atoms with Gasteiger partial charge in [0.05, 0.1) is 6.61 Å². The second kappa shape index (κ2) is 8.21. The van der Waals surface area contributed by atoms with Crippen LogP contribution in [0.3, 0.4) is 0 Å². The zero-order valence-electron chi connectivity index (χ0n) is 16.1. The number of nitrogens with zero attached hydrogens (tertiary/aromatic N) is 4. The summed E-state index contributed by atoms with van der Waals surface area (Å²) in [7, 11) is 0. The monoisotopic (exact) mass is 380 g/mol. The number of hydrogen-bond acceptors (Lipinski definition) is 7. The zero-order valence-corrected chi connectivity index (χ0v) is 16.1. The number of hydrazine groups is 1. The van der Waals surface area contributed by atoms with Crippen molar-refractivity contribution >= 4 is 5.84 Å². The number of nitriles is 1. The fourth-order valence-electron chi connectivity index (χ4n) is 4.23. The van der Waals surface area contributed by atoms with E-state index in [1.165, 1.54) is 5.56 Å². The minimum Gasteiger partial charge on any atom is -0.395 e. The van der Waals surface area contributed by atoms with Crippen molar-refractivity contribution in [1.82, 2.24) is 15.2 Å². The number of rotatable bonds is 5. The van der Waals surface area contributed by atoms with Gasteiger partial charge in [-0.25, -0.2) is 10.8 Å². The molecule has 4 N–H and O–H groups in total. The summed E-state index contributed by atoms with van der Waals surface area (Å²) in [6.07, 6.45) is 4.15.